The predicted molar refractivity (Wildman–Crippen MR) is 124 cm³/mol. The minimum absolute atomic E-state index is 0. The summed E-state index contributed by atoms with van der Waals surface area (Å²) in [6.45, 7) is 1.87. The lowest BCUT2D eigenvalue weighted by Crippen LogP contribution is -2.35. The summed E-state index contributed by atoms with van der Waals surface area (Å²) in [6, 6.07) is 0. The van der Waals surface area contributed by atoms with Crippen molar-refractivity contribution >= 4 is 36.8 Å². The van der Waals surface area contributed by atoms with E-state index in [1.54, 1.807) is 0 Å². The first-order valence-corrected chi connectivity index (χ1v) is 11.2. The van der Waals surface area contributed by atoms with E-state index in [0.29, 0.717) is 52.0 Å². The van der Waals surface area contributed by atoms with Gasteiger partial charge in [0.15, 0.2) is 0 Å². The molecule has 0 radical (unpaired) electrons. The standard InChI is InChI=1S/C22H40N2O4.2ClH/c23-17-21(9-3-1-4-10-21)15-19(25)27-13-7-8-14-28-20(26)16-22(18-24)11-5-2-6-12-22;;/h1-18,23-24H2;2*1H. The van der Waals surface area contributed by atoms with Crippen LogP contribution in [0.1, 0.15) is 89.9 Å². The van der Waals surface area contributed by atoms with Gasteiger partial charge in [0, 0.05) is 0 Å². The summed E-state index contributed by atoms with van der Waals surface area (Å²) in [7, 11) is 0. The second-order valence-electron chi connectivity index (χ2n) is 9.03. The van der Waals surface area contributed by atoms with Crippen LogP contribution in [0.2, 0.25) is 0 Å². The van der Waals surface area contributed by atoms with Crippen LogP contribution in [-0.2, 0) is 19.1 Å². The Bertz CT molecular complexity index is 450. The molecule has 4 N–H and O–H groups in total. The van der Waals surface area contributed by atoms with Crippen LogP contribution in [0.5, 0.6) is 0 Å². The number of nitrogens with two attached hydrogens (primary N) is 2. The molecule has 0 unspecified atom stereocenters. The molecule has 0 aliphatic heterocycles. The highest BCUT2D eigenvalue weighted by molar-refractivity contribution is 5.85. The SMILES string of the molecule is Cl.Cl.NCC1(CC(=O)OCCCCOC(=O)CC2(CN)CCCCC2)CCCCC1. The van der Waals surface area contributed by atoms with Crippen molar-refractivity contribution < 1.29 is 19.1 Å². The molecule has 2 rings (SSSR count). The van der Waals surface area contributed by atoms with Crippen LogP contribution in [0.25, 0.3) is 0 Å². The third-order valence-electron chi connectivity index (χ3n) is 6.80. The van der Waals surface area contributed by atoms with Crippen LogP contribution in [0.3, 0.4) is 0 Å². The van der Waals surface area contributed by atoms with Crippen molar-refractivity contribution in [3.05, 3.63) is 0 Å². The fourth-order valence-corrected chi connectivity index (χ4v) is 4.80. The summed E-state index contributed by atoms with van der Waals surface area (Å²) < 4.78 is 10.8. The average molecular weight is 469 g/mol. The lowest BCUT2D eigenvalue weighted by molar-refractivity contribution is -0.149. The number of carbonyl (C=O) groups excluding carboxylic acids is 2. The van der Waals surface area contributed by atoms with E-state index in [4.69, 9.17) is 20.9 Å². The van der Waals surface area contributed by atoms with E-state index in [1.807, 2.05) is 0 Å². The molecule has 0 bridgehead atoms. The number of carbonyl (C=O) groups is 2. The number of ether oxygens (including phenoxy) is 2. The van der Waals surface area contributed by atoms with Gasteiger partial charge in [-0.25, -0.2) is 0 Å². The third-order valence-corrected chi connectivity index (χ3v) is 6.80. The van der Waals surface area contributed by atoms with Crippen molar-refractivity contribution in [1.29, 1.82) is 0 Å². The maximum Gasteiger partial charge on any atom is 0.306 e. The molecule has 30 heavy (non-hydrogen) atoms. The first-order chi connectivity index (χ1) is 13.5. The Labute approximate surface area is 194 Å². The molecule has 0 heterocycles. The van der Waals surface area contributed by atoms with Crippen LogP contribution in [0, 0.1) is 10.8 Å². The Hall–Kier alpha value is -0.560. The van der Waals surface area contributed by atoms with Crippen LogP contribution in [-0.4, -0.2) is 38.2 Å². The van der Waals surface area contributed by atoms with Crippen molar-refractivity contribution in [2.75, 3.05) is 26.3 Å². The van der Waals surface area contributed by atoms with E-state index < -0.39 is 0 Å². The van der Waals surface area contributed by atoms with Gasteiger partial charge < -0.3 is 20.9 Å². The predicted octanol–water partition coefficient (Wildman–Crippen LogP) is 4.30. The molecule has 0 saturated heterocycles. The number of esters is 2. The second kappa shape index (κ2) is 15.3. The summed E-state index contributed by atoms with van der Waals surface area (Å²) in [6.07, 6.45) is 13.5. The largest absolute Gasteiger partial charge is 0.466 e. The van der Waals surface area contributed by atoms with Crippen molar-refractivity contribution in [3.8, 4) is 0 Å². The summed E-state index contributed by atoms with van der Waals surface area (Å²) in [4.78, 5) is 24.3. The highest BCUT2D eigenvalue weighted by Gasteiger charge is 2.34. The Morgan fingerprint density at radius 3 is 1.27 bits per heavy atom. The van der Waals surface area contributed by atoms with Crippen molar-refractivity contribution in [2.45, 2.75) is 89.9 Å². The molecule has 0 aromatic rings. The van der Waals surface area contributed by atoms with Crippen molar-refractivity contribution in [1.82, 2.24) is 0 Å². The molecule has 8 heteroatoms. The number of halogens is 2. The molecule has 178 valence electrons. The Morgan fingerprint density at radius 2 is 0.967 bits per heavy atom. The van der Waals surface area contributed by atoms with E-state index in [0.717, 1.165) is 51.4 Å². The van der Waals surface area contributed by atoms with Gasteiger partial charge in [0.25, 0.3) is 0 Å². The fraction of sp³-hybridized carbons (Fsp3) is 0.909. The molecule has 2 fully saturated rings. The monoisotopic (exact) mass is 468 g/mol. The van der Waals surface area contributed by atoms with Gasteiger partial charge in [-0.2, -0.15) is 0 Å². The number of unbranched alkanes of at least 4 members (excludes halogenated alkanes) is 1. The summed E-state index contributed by atoms with van der Waals surface area (Å²) in [5.41, 5.74) is 11.8. The molecule has 0 amide bonds. The smallest absolute Gasteiger partial charge is 0.306 e. The zero-order valence-corrected chi connectivity index (χ0v) is 20.0. The Kier molecular flexibility index (Phi) is 15.0. The van der Waals surface area contributed by atoms with E-state index in [-0.39, 0.29) is 47.6 Å². The Morgan fingerprint density at radius 1 is 0.633 bits per heavy atom. The van der Waals surface area contributed by atoms with Gasteiger partial charge in [-0.3, -0.25) is 9.59 Å². The van der Waals surface area contributed by atoms with E-state index >= 15 is 0 Å². The summed E-state index contributed by atoms with van der Waals surface area (Å²) in [5.74, 6) is -0.293. The molecule has 2 aliphatic rings. The lowest BCUT2D eigenvalue weighted by Gasteiger charge is -2.35. The van der Waals surface area contributed by atoms with Gasteiger partial charge in [0.2, 0.25) is 0 Å². The molecule has 2 aliphatic carbocycles. The normalized spacial score (nSPS) is 19.7. The van der Waals surface area contributed by atoms with Gasteiger partial charge in [-0.1, -0.05) is 38.5 Å². The number of hydrogen-bond donors (Lipinski definition) is 2. The maximum atomic E-state index is 12.1. The van der Waals surface area contributed by atoms with Gasteiger partial charge in [-0.05, 0) is 62.4 Å². The first kappa shape index (κ1) is 29.4. The zero-order valence-electron chi connectivity index (χ0n) is 18.3. The minimum Gasteiger partial charge on any atom is -0.466 e. The van der Waals surface area contributed by atoms with Crippen LogP contribution >= 0.6 is 24.8 Å². The number of hydrogen-bond acceptors (Lipinski definition) is 6. The molecular formula is C22H42Cl2N2O4. The topological polar surface area (TPSA) is 105 Å². The maximum absolute atomic E-state index is 12.1. The molecule has 2 saturated carbocycles. The summed E-state index contributed by atoms with van der Waals surface area (Å²) >= 11 is 0. The molecule has 0 atom stereocenters. The van der Waals surface area contributed by atoms with E-state index in [1.165, 1.54) is 12.8 Å². The molecule has 0 aromatic heterocycles. The molecule has 6 nitrogen and oxygen atoms in total. The second-order valence-corrected chi connectivity index (χ2v) is 9.03. The molecular weight excluding hydrogens is 427 g/mol. The van der Waals surface area contributed by atoms with E-state index in [2.05, 4.69) is 0 Å². The van der Waals surface area contributed by atoms with Gasteiger partial charge in [0.05, 0.1) is 26.1 Å². The third kappa shape index (κ3) is 9.71. The van der Waals surface area contributed by atoms with Crippen LogP contribution in [0.4, 0.5) is 0 Å². The van der Waals surface area contributed by atoms with E-state index in [9.17, 15) is 9.59 Å². The zero-order chi connectivity index (χ0) is 20.3. The van der Waals surface area contributed by atoms with Crippen molar-refractivity contribution in [3.63, 3.8) is 0 Å². The fourth-order valence-electron chi connectivity index (χ4n) is 4.80. The minimum atomic E-state index is -0.147. The van der Waals surface area contributed by atoms with Gasteiger partial charge in [0.1, 0.15) is 0 Å². The Balaban J connectivity index is 0.00000420. The van der Waals surface area contributed by atoms with Crippen molar-refractivity contribution in [2.24, 2.45) is 22.3 Å². The van der Waals surface area contributed by atoms with Gasteiger partial charge >= 0.3 is 11.9 Å². The van der Waals surface area contributed by atoms with Gasteiger partial charge in [-0.15, -0.1) is 24.8 Å². The van der Waals surface area contributed by atoms with Crippen LogP contribution in [0.15, 0.2) is 0 Å². The highest BCUT2D eigenvalue weighted by Crippen LogP contribution is 2.39. The quantitative estimate of drug-likeness (QED) is 0.345. The first-order valence-electron chi connectivity index (χ1n) is 11.2. The lowest BCUT2D eigenvalue weighted by atomic mass is 9.72. The summed E-state index contributed by atoms with van der Waals surface area (Å²) in [5, 5.41) is 0. The molecule has 0 spiro atoms. The van der Waals surface area contributed by atoms with Crippen LogP contribution < -0.4 is 11.5 Å². The number of rotatable bonds is 11. The molecule has 0 aromatic carbocycles. The highest BCUT2D eigenvalue weighted by atomic mass is 35.5. The average Bonchev–Trinajstić information content (AvgIpc) is 2.72.